The molecule has 108 valence electrons. The molecule has 2 rings (SSSR count). The van der Waals surface area contributed by atoms with E-state index in [1.165, 1.54) is 12.1 Å². The molecule has 20 heavy (non-hydrogen) atoms. The van der Waals surface area contributed by atoms with Crippen LogP contribution >= 0.6 is 23.2 Å². The Balaban J connectivity index is 2.03. The molecule has 1 aromatic heterocycles. The first-order valence-electron chi connectivity index (χ1n) is 6.52. The van der Waals surface area contributed by atoms with Gasteiger partial charge in [0.15, 0.2) is 5.15 Å². The van der Waals surface area contributed by atoms with Gasteiger partial charge in [-0.15, -0.1) is 0 Å². The topological polar surface area (TPSA) is 40.7 Å². The maximum atomic E-state index is 13.6. The Hall–Kier alpha value is -1.26. The molecule has 0 spiro atoms. The normalized spacial score (nSPS) is 10.8. The number of nitrogens with one attached hydrogen (secondary N) is 2. The number of rotatable bonds is 6. The Labute approximate surface area is 127 Å². The van der Waals surface area contributed by atoms with Crippen molar-refractivity contribution in [2.45, 2.75) is 32.7 Å². The second-order valence-corrected chi connectivity index (χ2v) is 5.33. The van der Waals surface area contributed by atoms with Gasteiger partial charge in [-0.25, -0.2) is 9.37 Å². The fraction of sp³-hybridized carbons (Fsp3) is 0.357. The van der Waals surface area contributed by atoms with Crippen LogP contribution in [0, 0.1) is 5.82 Å². The first kappa shape index (κ1) is 15.1. The molecular formula is C14H16Cl2FN3. The number of benzene rings is 1. The summed E-state index contributed by atoms with van der Waals surface area (Å²) >= 11 is 11.9. The number of anilines is 1. The highest BCUT2D eigenvalue weighted by Gasteiger charge is 2.09. The molecule has 2 N–H and O–H groups in total. The number of hydrogen-bond donors (Lipinski definition) is 2. The third-order valence-corrected chi connectivity index (χ3v) is 3.48. The minimum absolute atomic E-state index is 0.346. The van der Waals surface area contributed by atoms with E-state index < -0.39 is 0 Å². The molecular weight excluding hydrogens is 300 g/mol. The summed E-state index contributed by atoms with van der Waals surface area (Å²) in [6.45, 7) is 2.49. The van der Waals surface area contributed by atoms with E-state index in [-0.39, 0.29) is 5.82 Å². The summed E-state index contributed by atoms with van der Waals surface area (Å²) in [7, 11) is 0. The van der Waals surface area contributed by atoms with Crippen molar-refractivity contribution in [3.8, 4) is 0 Å². The lowest BCUT2D eigenvalue weighted by atomic mass is 10.2. The molecule has 0 fully saturated rings. The van der Waals surface area contributed by atoms with E-state index in [1.54, 1.807) is 6.07 Å². The third kappa shape index (κ3) is 3.87. The highest BCUT2D eigenvalue weighted by molar-refractivity contribution is 6.31. The number of imidazole rings is 1. The average Bonchev–Trinajstić information content (AvgIpc) is 2.78. The van der Waals surface area contributed by atoms with Gasteiger partial charge in [0.1, 0.15) is 11.6 Å². The molecule has 0 atom stereocenters. The van der Waals surface area contributed by atoms with E-state index >= 15 is 0 Å². The summed E-state index contributed by atoms with van der Waals surface area (Å²) in [6, 6.07) is 4.37. The number of unbranched alkanes of at least 4 members (excludes halogenated alkanes) is 1. The maximum Gasteiger partial charge on any atom is 0.152 e. The van der Waals surface area contributed by atoms with Crippen LogP contribution in [0.5, 0.6) is 0 Å². The number of H-pyrrole nitrogens is 1. The number of halogens is 3. The van der Waals surface area contributed by atoms with Gasteiger partial charge in [0, 0.05) is 11.4 Å². The van der Waals surface area contributed by atoms with Crippen molar-refractivity contribution in [1.29, 1.82) is 0 Å². The van der Waals surface area contributed by atoms with Gasteiger partial charge in [0.25, 0.3) is 0 Å². The molecule has 0 amide bonds. The molecule has 6 heteroatoms. The molecule has 2 aromatic rings. The van der Waals surface area contributed by atoms with E-state index in [0.717, 1.165) is 30.8 Å². The quantitative estimate of drug-likeness (QED) is 0.803. The molecule has 0 radical (unpaired) electrons. The zero-order valence-electron chi connectivity index (χ0n) is 11.1. The number of hydrogen-bond acceptors (Lipinski definition) is 2. The minimum atomic E-state index is -0.351. The lowest BCUT2D eigenvalue weighted by molar-refractivity contribution is 0.630. The van der Waals surface area contributed by atoms with Crippen molar-refractivity contribution in [3.05, 3.63) is 45.7 Å². The average molecular weight is 316 g/mol. The molecule has 0 aliphatic rings. The Kier molecular flexibility index (Phi) is 5.26. The first-order valence-corrected chi connectivity index (χ1v) is 7.28. The van der Waals surface area contributed by atoms with E-state index in [2.05, 4.69) is 22.2 Å². The maximum absolute atomic E-state index is 13.6. The predicted molar refractivity (Wildman–Crippen MR) is 80.9 cm³/mol. The standard InChI is InChI=1S/C14H16Cl2FN3/c1-2-3-4-13-19-12(14(16)20-13)8-18-11-7-9(15)5-6-10(11)17/h5-7,18H,2-4,8H2,1H3,(H,19,20). The van der Waals surface area contributed by atoms with Crippen LogP contribution in [0.1, 0.15) is 31.3 Å². The van der Waals surface area contributed by atoms with Crippen molar-refractivity contribution < 1.29 is 4.39 Å². The van der Waals surface area contributed by atoms with Gasteiger partial charge in [0.2, 0.25) is 0 Å². The summed E-state index contributed by atoms with van der Waals surface area (Å²) < 4.78 is 13.6. The SMILES string of the molecule is CCCCc1nc(Cl)c(CNc2cc(Cl)ccc2F)[nH]1. The fourth-order valence-corrected chi connectivity index (χ4v) is 2.22. The summed E-state index contributed by atoms with van der Waals surface area (Å²) in [5.41, 5.74) is 1.09. The Morgan fingerprint density at radius 3 is 2.90 bits per heavy atom. The third-order valence-electron chi connectivity index (χ3n) is 2.93. The van der Waals surface area contributed by atoms with Crippen LogP contribution in [-0.2, 0) is 13.0 Å². The van der Waals surface area contributed by atoms with E-state index in [1.807, 2.05) is 0 Å². The fourth-order valence-electron chi connectivity index (χ4n) is 1.84. The second kappa shape index (κ2) is 6.95. The lowest BCUT2D eigenvalue weighted by Gasteiger charge is -2.07. The summed E-state index contributed by atoms with van der Waals surface area (Å²) in [6.07, 6.45) is 3.01. The largest absolute Gasteiger partial charge is 0.377 e. The van der Waals surface area contributed by atoms with Gasteiger partial charge < -0.3 is 10.3 Å². The van der Waals surface area contributed by atoms with Gasteiger partial charge in [-0.1, -0.05) is 36.5 Å². The molecule has 0 unspecified atom stereocenters. The number of aromatic amines is 1. The van der Waals surface area contributed by atoms with Gasteiger partial charge in [-0.2, -0.15) is 0 Å². The summed E-state index contributed by atoms with van der Waals surface area (Å²) in [5.74, 6) is 0.511. The highest BCUT2D eigenvalue weighted by atomic mass is 35.5. The Bertz CT molecular complexity index is 584. The molecule has 0 saturated carbocycles. The van der Waals surface area contributed by atoms with Crippen LogP contribution in [0.15, 0.2) is 18.2 Å². The first-order chi connectivity index (χ1) is 9.60. The minimum Gasteiger partial charge on any atom is -0.377 e. The van der Waals surface area contributed by atoms with Crippen LogP contribution in [0.3, 0.4) is 0 Å². The van der Waals surface area contributed by atoms with Crippen LogP contribution in [0.25, 0.3) is 0 Å². The predicted octanol–water partition coefficient (Wildman–Crippen LogP) is 4.81. The molecule has 0 bridgehead atoms. The van der Waals surface area contributed by atoms with Gasteiger partial charge in [-0.05, 0) is 24.6 Å². The van der Waals surface area contributed by atoms with Gasteiger partial charge >= 0.3 is 0 Å². The molecule has 1 aromatic carbocycles. The molecule has 0 saturated heterocycles. The molecule has 3 nitrogen and oxygen atoms in total. The van der Waals surface area contributed by atoms with Crippen molar-refractivity contribution in [3.63, 3.8) is 0 Å². The zero-order valence-corrected chi connectivity index (χ0v) is 12.7. The Morgan fingerprint density at radius 2 is 2.15 bits per heavy atom. The van der Waals surface area contributed by atoms with Crippen molar-refractivity contribution in [1.82, 2.24) is 9.97 Å². The van der Waals surface area contributed by atoms with Crippen molar-refractivity contribution in [2.75, 3.05) is 5.32 Å². The van der Waals surface area contributed by atoms with Gasteiger partial charge in [0.05, 0.1) is 17.9 Å². The van der Waals surface area contributed by atoms with E-state index in [0.29, 0.717) is 22.4 Å². The van der Waals surface area contributed by atoms with Crippen molar-refractivity contribution >= 4 is 28.9 Å². The monoisotopic (exact) mass is 315 g/mol. The zero-order chi connectivity index (χ0) is 14.5. The Morgan fingerprint density at radius 1 is 1.35 bits per heavy atom. The second-order valence-electron chi connectivity index (χ2n) is 4.53. The highest BCUT2D eigenvalue weighted by Crippen LogP contribution is 2.21. The lowest BCUT2D eigenvalue weighted by Crippen LogP contribution is -2.02. The molecule has 1 heterocycles. The van der Waals surface area contributed by atoms with E-state index in [4.69, 9.17) is 23.2 Å². The van der Waals surface area contributed by atoms with Crippen LogP contribution < -0.4 is 5.32 Å². The summed E-state index contributed by atoms with van der Waals surface area (Å²) in [4.78, 5) is 7.41. The number of nitrogens with zero attached hydrogens (tertiary/aromatic N) is 1. The van der Waals surface area contributed by atoms with Gasteiger partial charge in [-0.3, -0.25) is 0 Å². The van der Waals surface area contributed by atoms with Crippen molar-refractivity contribution in [2.24, 2.45) is 0 Å². The van der Waals surface area contributed by atoms with E-state index in [9.17, 15) is 4.39 Å². The number of aromatic nitrogens is 2. The molecule has 0 aliphatic heterocycles. The number of aryl methyl sites for hydroxylation is 1. The smallest absolute Gasteiger partial charge is 0.152 e. The van der Waals surface area contributed by atoms with Crippen LogP contribution in [0.2, 0.25) is 10.2 Å². The molecule has 0 aliphatic carbocycles. The van der Waals surface area contributed by atoms with Crippen LogP contribution in [-0.4, -0.2) is 9.97 Å². The summed E-state index contributed by atoms with van der Waals surface area (Å²) in [5, 5.41) is 3.87. The van der Waals surface area contributed by atoms with Crippen LogP contribution in [0.4, 0.5) is 10.1 Å².